The molecule has 2 aromatic rings. The number of nitrogens with zero attached hydrogens (tertiary/aromatic N) is 3. The van der Waals surface area contributed by atoms with E-state index in [1.165, 1.54) is 24.5 Å². The molecule has 0 radical (unpaired) electrons. The Morgan fingerprint density at radius 3 is 2.58 bits per heavy atom. The van der Waals surface area contributed by atoms with Gasteiger partial charge in [-0.1, -0.05) is 12.1 Å². The van der Waals surface area contributed by atoms with Gasteiger partial charge in [0, 0.05) is 19.3 Å². The lowest BCUT2D eigenvalue weighted by molar-refractivity contribution is -0.384. The first-order chi connectivity index (χ1) is 12.3. The highest BCUT2D eigenvalue weighted by Gasteiger charge is 2.32. The SMILES string of the molecule is O=[N+]([O-])c1cncc(Br)c1N1CCOC(c2ccc(C(F)(F)F)cc2)C1. The van der Waals surface area contributed by atoms with Crippen LogP contribution in [0.4, 0.5) is 24.5 Å². The van der Waals surface area contributed by atoms with E-state index in [1.807, 2.05) is 0 Å². The van der Waals surface area contributed by atoms with Crippen molar-refractivity contribution in [3.05, 3.63) is 62.4 Å². The third-order valence-corrected chi connectivity index (χ3v) is 4.62. The van der Waals surface area contributed by atoms with Crippen molar-refractivity contribution in [2.45, 2.75) is 12.3 Å². The fraction of sp³-hybridized carbons (Fsp3) is 0.312. The van der Waals surface area contributed by atoms with Crippen LogP contribution in [0.3, 0.4) is 0 Å². The van der Waals surface area contributed by atoms with Crippen LogP contribution in [0.2, 0.25) is 0 Å². The number of halogens is 4. The summed E-state index contributed by atoms with van der Waals surface area (Å²) in [7, 11) is 0. The predicted molar refractivity (Wildman–Crippen MR) is 90.9 cm³/mol. The molecule has 0 spiro atoms. The van der Waals surface area contributed by atoms with Gasteiger partial charge in [0.1, 0.15) is 18.0 Å². The van der Waals surface area contributed by atoms with Gasteiger partial charge in [-0.25, -0.2) is 0 Å². The molecule has 2 heterocycles. The van der Waals surface area contributed by atoms with E-state index in [0.29, 0.717) is 22.3 Å². The standard InChI is InChI=1S/C16H13BrF3N3O3/c17-12-7-21-8-13(23(24)25)15(12)22-5-6-26-14(9-22)10-1-3-11(4-2-10)16(18,19)20/h1-4,7-8,14H,5-6,9H2. The molecule has 6 nitrogen and oxygen atoms in total. The number of ether oxygens (including phenoxy) is 1. The summed E-state index contributed by atoms with van der Waals surface area (Å²) >= 11 is 3.28. The van der Waals surface area contributed by atoms with Crippen molar-refractivity contribution in [3.8, 4) is 0 Å². The quantitative estimate of drug-likeness (QED) is 0.533. The van der Waals surface area contributed by atoms with Gasteiger partial charge in [-0.3, -0.25) is 15.1 Å². The second kappa shape index (κ2) is 7.20. The minimum Gasteiger partial charge on any atom is -0.370 e. The molecule has 0 aliphatic carbocycles. The van der Waals surface area contributed by atoms with Crippen molar-refractivity contribution in [3.63, 3.8) is 0 Å². The summed E-state index contributed by atoms with van der Waals surface area (Å²) in [6.07, 6.45) is -2.26. The summed E-state index contributed by atoms with van der Waals surface area (Å²) in [6, 6.07) is 4.74. The van der Waals surface area contributed by atoms with Crippen molar-refractivity contribution in [1.82, 2.24) is 4.98 Å². The van der Waals surface area contributed by atoms with E-state index in [0.717, 1.165) is 12.1 Å². The van der Waals surface area contributed by atoms with Crippen LogP contribution in [-0.2, 0) is 10.9 Å². The molecule has 0 amide bonds. The van der Waals surface area contributed by atoms with Crippen molar-refractivity contribution in [1.29, 1.82) is 0 Å². The minimum absolute atomic E-state index is 0.146. The molecule has 0 saturated carbocycles. The highest BCUT2D eigenvalue weighted by atomic mass is 79.9. The molecular weight excluding hydrogens is 419 g/mol. The minimum atomic E-state index is -4.40. The van der Waals surface area contributed by atoms with E-state index in [-0.39, 0.29) is 18.8 Å². The molecule has 1 saturated heterocycles. The molecule has 10 heteroatoms. The van der Waals surface area contributed by atoms with Crippen molar-refractivity contribution >= 4 is 27.3 Å². The molecule has 1 aromatic heterocycles. The van der Waals surface area contributed by atoms with Gasteiger partial charge < -0.3 is 9.64 Å². The van der Waals surface area contributed by atoms with Crippen LogP contribution in [0.5, 0.6) is 0 Å². The summed E-state index contributed by atoms with van der Waals surface area (Å²) in [5.41, 5.74) is 0.0784. The fourth-order valence-electron chi connectivity index (χ4n) is 2.81. The van der Waals surface area contributed by atoms with Gasteiger partial charge in [0.2, 0.25) is 0 Å². The molecule has 1 aromatic carbocycles. The largest absolute Gasteiger partial charge is 0.416 e. The number of hydrogen-bond acceptors (Lipinski definition) is 5. The maximum Gasteiger partial charge on any atom is 0.416 e. The lowest BCUT2D eigenvalue weighted by Gasteiger charge is -2.34. The molecule has 138 valence electrons. The maximum absolute atomic E-state index is 12.7. The Morgan fingerprint density at radius 2 is 1.96 bits per heavy atom. The molecule has 1 aliphatic heterocycles. The van der Waals surface area contributed by atoms with Crippen molar-refractivity contribution in [2.24, 2.45) is 0 Å². The average molecular weight is 432 g/mol. The number of alkyl halides is 3. The maximum atomic E-state index is 12.7. The van der Waals surface area contributed by atoms with Crippen molar-refractivity contribution < 1.29 is 22.8 Å². The smallest absolute Gasteiger partial charge is 0.370 e. The van der Waals surface area contributed by atoms with Gasteiger partial charge in [0.05, 0.1) is 21.6 Å². The first-order valence-electron chi connectivity index (χ1n) is 7.59. The number of aromatic nitrogens is 1. The summed E-state index contributed by atoms with van der Waals surface area (Å²) in [5, 5.41) is 11.3. The molecule has 0 N–H and O–H groups in total. The number of pyridine rings is 1. The van der Waals surface area contributed by atoms with E-state index >= 15 is 0 Å². The molecule has 1 aliphatic rings. The molecule has 1 fully saturated rings. The third-order valence-electron chi connectivity index (χ3n) is 4.04. The number of anilines is 1. The number of nitro groups is 1. The number of hydrogen-bond donors (Lipinski definition) is 0. The summed E-state index contributed by atoms with van der Waals surface area (Å²) in [6.45, 7) is 0.979. The number of morpholine rings is 1. The Bertz CT molecular complexity index is 815. The molecule has 1 atom stereocenters. The molecule has 0 bridgehead atoms. The monoisotopic (exact) mass is 431 g/mol. The van der Waals surface area contributed by atoms with E-state index in [1.54, 1.807) is 4.90 Å². The first kappa shape index (κ1) is 18.6. The summed E-state index contributed by atoms with van der Waals surface area (Å²) < 4.78 is 44.2. The van der Waals surface area contributed by atoms with Gasteiger partial charge in [-0.05, 0) is 33.6 Å². The Balaban J connectivity index is 1.86. The second-order valence-corrected chi connectivity index (χ2v) is 6.53. The van der Waals surface area contributed by atoms with Crippen LogP contribution in [0.15, 0.2) is 41.1 Å². The van der Waals surface area contributed by atoms with E-state index in [9.17, 15) is 23.3 Å². The van der Waals surface area contributed by atoms with Gasteiger partial charge in [0.15, 0.2) is 0 Å². The first-order valence-corrected chi connectivity index (χ1v) is 8.38. The zero-order valence-corrected chi connectivity index (χ0v) is 14.8. The molecule has 1 unspecified atom stereocenters. The number of rotatable bonds is 3. The highest BCUT2D eigenvalue weighted by Crippen LogP contribution is 2.38. The average Bonchev–Trinajstić information content (AvgIpc) is 2.61. The van der Waals surface area contributed by atoms with Gasteiger partial charge in [-0.15, -0.1) is 0 Å². The van der Waals surface area contributed by atoms with Crippen LogP contribution < -0.4 is 4.90 Å². The van der Waals surface area contributed by atoms with Crippen LogP contribution in [-0.4, -0.2) is 29.6 Å². The summed E-state index contributed by atoms with van der Waals surface area (Å²) in [5.74, 6) is 0. The molecular formula is C16H13BrF3N3O3. The Kier molecular flexibility index (Phi) is 5.15. The van der Waals surface area contributed by atoms with Crippen LogP contribution in [0, 0.1) is 10.1 Å². The fourth-order valence-corrected chi connectivity index (χ4v) is 3.38. The Labute approximate surface area is 154 Å². The highest BCUT2D eigenvalue weighted by molar-refractivity contribution is 9.10. The normalized spacial score (nSPS) is 18.0. The Morgan fingerprint density at radius 1 is 1.27 bits per heavy atom. The third kappa shape index (κ3) is 3.80. The lowest BCUT2D eigenvalue weighted by Crippen LogP contribution is -2.39. The Hall–Kier alpha value is -2.20. The van der Waals surface area contributed by atoms with Gasteiger partial charge in [0.25, 0.3) is 0 Å². The predicted octanol–water partition coefficient (Wildman–Crippen LogP) is 4.35. The van der Waals surface area contributed by atoms with Crippen LogP contribution in [0.1, 0.15) is 17.2 Å². The lowest BCUT2D eigenvalue weighted by atomic mass is 10.0. The van der Waals surface area contributed by atoms with Gasteiger partial charge in [-0.2, -0.15) is 13.2 Å². The zero-order chi connectivity index (χ0) is 18.9. The number of benzene rings is 1. The topological polar surface area (TPSA) is 68.5 Å². The zero-order valence-electron chi connectivity index (χ0n) is 13.2. The van der Waals surface area contributed by atoms with E-state index < -0.39 is 22.8 Å². The second-order valence-electron chi connectivity index (χ2n) is 5.67. The van der Waals surface area contributed by atoms with Crippen LogP contribution in [0.25, 0.3) is 0 Å². The van der Waals surface area contributed by atoms with Crippen molar-refractivity contribution in [2.75, 3.05) is 24.6 Å². The molecule has 3 rings (SSSR count). The van der Waals surface area contributed by atoms with Gasteiger partial charge >= 0.3 is 11.9 Å². The summed E-state index contributed by atoms with van der Waals surface area (Å²) in [4.78, 5) is 16.4. The van der Waals surface area contributed by atoms with E-state index in [4.69, 9.17) is 4.74 Å². The molecule has 26 heavy (non-hydrogen) atoms. The van der Waals surface area contributed by atoms with Crippen LogP contribution >= 0.6 is 15.9 Å². The van der Waals surface area contributed by atoms with E-state index in [2.05, 4.69) is 20.9 Å².